The molecule has 45 heavy (non-hydrogen) atoms. The van der Waals surface area contributed by atoms with E-state index in [2.05, 4.69) is 0 Å². The highest BCUT2D eigenvalue weighted by molar-refractivity contribution is 5.36. The topological polar surface area (TPSA) is 27.7 Å². The first-order chi connectivity index (χ1) is 21.7. The third kappa shape index (κ3) is 7.23. The highest BCUT2D eigenvalue weighted by Crippen LogP contribution is 2.44. The predicted octanol–water partition coefficient (Wildman–Crippen LogP) is 10.5. The molecule has 0 aromatic heterocycles. The monoisotopic (exact) mass is 634 g/mol. The first-order valence-corrected chi connectivity index (χ1v) is 16.0. The molecule has 3 nitrogen and oxygen atoms in total. The van der Waals surface area contributed by atoms with Gasteiger partial charge in [0.2, 0.25) is 17.5 Å². The Morgan fingerprint density at radius 2 is 0.867 bits per heavy atom. The number of ether oxygens (including phenoxy) is 3. The number of hydrogen-bond donors (Lipinski definition) is 0. The van der Waals surface area contributed by atoms with Crippen LogP contribution in [0.5, 0.6) is 17.2 Å². The molecule has 0 spiro atoms. The van der Waals surface area contributed by atoms with Crippen molar-refractivity contribution in [2.75, 3.05) is 19.8 Å². The van der Waals surface area contributed by atoms with Gasteiger partial charge in [0, 0.05) is 0 Å². The van der Waals surface area contributed by atoms with E-state index in [1.807, 2.05) is 6.92 Å². The van der Waals surface area contributed by atoms with Crippen molar-refractivity contribution in [3.05, 3.63) is 88.0 Å². The number of benzene rings is 3. The number of halogens is 6. The predicted molar refractivity (Wildman–Crippen MR) is 160 cm³/mol. The van der Waals surface area contributed by atoms with Crippen LogP contribution in [0.15, 0.2) is 36.4 Å². The van der Waals surface area contributed by atoms with Gasteiger partial charge >= 0.3 is 0 Å². The van der Waals surface area contributed by atoms with Crippen LogP contribution in [-0.2, 0) is 0 Å². The van der Waals surface area contributed by atoms with Gasteiger partial charge < -0.3 is 14.2 Å². The minimum absolute atomic E-state index is 0.0755. The van der Waals surface area contributed by atoms with Crippen molar-refractivity contribution >= 4 is 0 Å². The summed E-state index contributed by atoms with van der Waals surface area (Å²) in [6.07, 6.45) is 5.38. The lowest BCUT2D eigenvalue weighted by Crippen LogP contribution is -2.20. The first kappa shape index (κ1) is 33.0. The molecule has 9 heteroatoms. The zero-order valence-corrected chi connectivity index (χ0v) is 25.8. The van der Waals surface area contributed by atoms with E-state index >= 15 is 8.78 Å². The van der Waals surface area contributed by atoms with E-state index in [9.17, 15) is 17.6 Å². The summed E-state index contributed by atoms with van der Waals surface area (Å²) in [7, 11) is 0. The summed E-state index contributed by atoms with van der Waals surface area (Å²) in [4.78, 5) is 0. The zero-order chi connectivity index (χ0) is 32.1. The van der Waals surface area contributed by atoms with Crippen LogP contribution < -0.4 is 14.2 Å². The van der Waals surface area contributed by atoms with Crippen molar-refractivity contribution in [2.24, 2.45) is 5.92 Å². The van der Waals surface area contributed by atoms with Crippen LogP contribution >= 0.6 is 0 Å². The third-order valence-corrected chi connectivity index (χ3v) is 9.36. The van der Waals surface area contributed by atoms with Crippen molar-refractivity contribution in [1.29, 1.82) is 0 Å². The normalized spacial score (nSPS) is 21.9. The van der Waals surface area contributed by atoms with Crippen LogP contribution in [-0.4, -0.2) is 19.8 Å². The van der Waals surface area contributed by atoms with Crippen molar-refractivity contribution in [1.82, 2.24) is 0 Å². The van der Waals surface area contributed by atoms with Gasteiger partial charge in [-0.2, -0.15) is 13.2 Å². The molecule has 0 heterocycles. The van der Waals surface area contributed by atoms with Gasteiger partial charge in [-0.05, 0) is 123 Å². The van der Waals surface area contributed by atoms with Crippen molar-refractivity contribution < 1.29 is 40.6 Å². The van der Waals surface area contributed by atoms with Gasteiger partial charge in [-0.15, -0.1) is 0 Å². The summed E-state index contributed by atoms with van der Waals surface area (Å²) < 4.78 is 105. The highest BCUT2D eigenvalue weighted by Gasteiger charge is 2.31. The summed E-state index contributed by atoms with van der Waals surface area (Å²) in [5.74, 6) is -6.59. The maximum atomic E-state index is 15.2. The Morgan fingerprint density at radius 3 is 1.27 bits per heavy atom. The summed E-state index contributed by atoms with van der Waals surface area (Å²) in [5, 5.41) is 0. The lowest BCUT2D eigenvalue weighted by Gasteiger charge is -2.30. The quantitative estimate of drug-likeness (QED) is 0.197. The van der Waals surface area contributed by atoms with Crippen LogP contribution in [0.25, 0.3) is 0 Å². The zero-order valence-electron chi connectivity index (χ0n) is 25.8. The van der Waals surface area contributed by atoms with Crippen LogP contribution in [0.3, 0.4) is 0 Å². The average molecular weight is 635 g/mol. The third-order valence-electron chi connectivity index (χ3n) is 9.36. The van der Waals surface area contributed by atoms with Crippen LogP contribution in [0.1, 0.15) is 106 Å². The fourth-order valence-corrected chi connectivity index (χ4v) is 6.85. The van der Waals surface area contributed by atoms with Gasteiger partial charge in [0.05, 0.1) is 19.8 Å². The van der Waals surface area contributed by atoms with E-state index in [1.54, 1.807) is 25.1 Å². The minimum atomic E-state index is -1.04. The second-order valence-corrected chi connectivity index (χ2v) is 12.2. The van der Waals surface area contributed by atoms with Gasteiger partial charge in [0.25, 0.3) is 0 Å². The molecule has 0 bridgehead atoms. The maximum absolute atomic E-state index is 15.2. The number of rotatable bonds is 11. The molecule has 2 saturated carbocycles. The largest absolute Gasteiger partial charge is 0.491 e. The van der Waals surface area contributed by atoms with Gasteiger partial charge in [0.15, 0.2) is 34.7 Å². The smallest absolute Gasteiger partial charge is 0.200 e. The Morgan fingerprint density at radius 1 is 0.489 bits per heavy atom. The molecule has 2 aliphatic carbocycles. The molecule has 5 rings (SSSR count). The molecular formula is C36H40F6O3. The molecule has 0 unspecified atom stereocenters. The summed E-state index contributed by atoms with van der Waals surface area (Å²) >= 11 is 0. The molecule has 0 atom stereocenters. The van der Waals surface area contributed by atoms with Crippen molar-refractivity contribution in [2.45, 2.75) is 89.4 Å². The molecule has 3 aromatic rings. The van der Waals surface area contributed by atoms with E-state index in [0.29, 0.717) is 70.0 Å². The SMILES string of the molecule is CCCOc1ccc(C2CCC(COc3ccc(C4CCC(c5ccc(OCC)c(F)c5F)CC4)c(F)c3F)CC2)c(F)c1F. The molecule has 0 radical (unpaired) electrons. The fourth-order valence-electron chi connectivity index (χ4n) is 6.85. The molecule has 2 fully saturated rings. The first-order valence-electron chi connectivity index (χ1n) is 16.0. The molecule has 0 N–H and O–H groups in total. The molecular weight excluding hydrogens is 594 g/mol. The van der Waals surface area contributed by atoms with E-state index in [0.717, 1.165) is 0 Å². The molecule has 244 valence electrons. The van der Waals surface area contributed by atoms with Crippen LogP contribution in [0.2, 0.25) is 0 Å². The Hall–Kier alpha value is -3.36. The van der Waals surface area contributed by atoms with Gasteiger partial charge in [-0.3, -0.25) is 0 Å². The highest BCUT2D eigenvalue weighted by atomic mass is 19.2. The maximum Gasteiger partial charge on any atom is 0.200 e. The van der Waals surface area contributed by atoms with E-state index < -0.39 is 34.9 Å². The molecule has 0 saturated heterocycles. The fraction of sp³-hybridized carbons (Fsp3) is 0.500. The Labute approximate surface area is 260 Å². The summed E-state index contributed by atoms with van der Waals surface area (Å²) in [6, 6.07) is 9.06. The van der Waals surface area contributed by atoms with Crippen LogP contribution in [0.4, 0.5) is 26.3 Å². The lowest BCUT2D eigenvalue weighted by molar-refractivity contribution is 0.191. The van der Waals surface area contributed by atoms with Crippen LogP contribution in [0, 0.1) is 40.8 Å². The molecule has 0 amide bonds. The Balaban J connectivity index is 1.14. The van der Waals surface area contributed by atoms with Gasteiger partial charge in [0.1, 0.15) is 0 Å². The molecule has 0 aliphatic heterocycles. The van der Waals surface area contributed by atoms with E-state index in [4.69, 9.17) is 14.2 Å². The average Bonchev–Trinajstić information content (AvgIpc) is 3.05. The van der Waals surface area contributed by atoms with Gasteiger partial charge in [-0.1, -0.05) is 25.1 Å². The van der Waals surface area contributed by atoms with Gasteiger partial charge in [-0.25, -0.2) is 13.2 Å². The second kappa shape index (κ2) is 14.8. The Kier molecular flexibility index (Phi) is 10.9. The molecule has 3 aromatic carbocycles. The number of hydrogen-bond acceptors (Lipinski definition) is 3. The molecule has 2 aliphatic rings. The summed E-state index contributed by atoms with van der Waals surface area (Å²) in [6.45, 7) is 4.31. The standard InChI is InChI=1S/C36H40F6O3/c1-3-19-44-29-17-14-25(32(38)35(29)41)22-7-5-21(6-8-22)20-45-30-18-15-27(33(39)36(30)42)24-11-9-23(10-12-24)26-13-16-28(43-4-2)34(40)31(26)37/h13-18,21-24H,3-12,19-20H2,1-2H3. The second-order valence-electron chi connectivity index (χ2n) is 12.2. The lowest BCUT2D eigenvalue weighted by atomic mass is 9.76. The van der Waals surface area contributed by atoms with E-state index in [1.165, 1.54) is 18.2 Å². The van der Waals surface area contributed by atoms with Crippen molar-refractivity contribution in [3.63, 3.8) is 0 Å². The van der Waals surface area contributed by atoms with Crippen molar-refractivity contribution in [3.8, 4) is 17.2 Å². The van der Waals surface area contributed by atoms with E-state index in [-0.39, 0.29) is 65.3 Å². The minimum Gasteiger partial charge on any atom is -0.491 e. The summed E-state index contributed by atoms with van der Waals surface area (Å²) in [5.41, 5.74) is 0.883. The Bertz CT molecular complexity index is 1460.